The molecule has 0 heterocycles. The van der Waals surface area contributed by atoms with Crippen LogP contribution in [0.15, 0.2) is 59.6 Å². The number of ether oxygens (including phenoxy) is 2. The molecule has 0 aromatic heterocycles. The molecule has 26 heavy (non-hydrogen) atoms. The van der Waals surface area contributed by atoms with Gasteiger partial charge in [0.2, 0.25) is 0 Å². The highest BCUT2D eigenvalue weighted by Gasteiger charge is 1.99. The number of hydrogen-bond donors (Lipinski definition) is 2. The van der Waals surface area contributed by atoms with Crippen LogP contribution in [0.5, 0.6) is 5.75 Å². The fraction of sp³-hybridized carbons (Fsp3) is 0.381. The zero-order valence-corrected chi connectivity index (χ0v) is 15.7. The second-order valence-electron chi connectivity index (χ2n) is 5.85. The molecule has 0 bridgehead atoms. The first kappa shape index (κ1) is 19.8. The summed E-state index contributed by atoms with van der Waals surface area (Å²) in [5.41, 5.74) is 2.43. The summed E-state index contributed by atoms with van der Waals surface area (Å²) in [4.78, 5) is 4.45. The molecule has 0 atom stereocenters. The zero-order valence-electron chi connectivity index (χ0n) is 15.7. The number of aliphatic imine (C=N–C) groups is 1. The van der Waals surface area contributed by atoms with Gasteiger partial charge in [0.15, 0.2) is 5.96 Å². The van der Waals surface area contributed by atoms with Gasteiger partial charge in [-0.05, 0) is 36.6 Å². The van der Waals surface area contributed by atoms with Crippen LogP contribution in [0, 0.1) is 0 Å². The highest BCUT2D eigenvalue weighted by molar-refractivity contribution is 5.79. The SMILES string of the molecule is CCNC(=NCCOC)NCCc1ccc(OCc2ccccc2)cc1. The van der Waals surface area contributed by atoms with Crippen molar-refractivity contribution in [3.8, 4) is 5.75 Å². The Balaban J connectivity index is 1.74. The van der Waals surface area contributed by atoms with E-state index in [0.29, 0.717) is 19.8 Å². The van der Waals surface area contributed by atoms with Gasteiger partial charge in [0.05, 0.1) is 13.2 Å². The van der Waals surface area contributed by atoms with Crippen molar-refractivity contribution in [1.29, 1.82) is 0 Å². The highest BCUT2D eigenvalue weighted by atomic mass is 16.5. The summed E-state index contributed by atoms with van der Waals surface area (Å²) in [6.07, 6.45) is 0.924. The molecule has 0 radical (unpaired) electrons. The maximum atomic E-state index is 5.82. The number of guanidine groups is 1. The van der Waals surface area contributed by atoms with Crippen molar-refractivity contribution in [3.05, 3.63) is 65.7 Å². The minimum atomic E-state index is 0.589. The molecule has 0 aliphatic rings. The van der Waals surface area contributed by atoms with E-state index in [9.17, 15) is 0 Å². The molecule has 0 unspecified atom stereocenters. The van der Waals surface area contributed by atoms with E-state index < -0.39 is 0 Å². The van der Waals surface area contributed by atoms with Crippen LogP contribution in [0.1, 0.15) is 18.1 Å². The lowest BCUT2D eigenvalue weighted by Crippen LogP contribution is -2.38. The van der Waals surface area contributed by atoms with E-state index in [1.54, 1.807) is 7.11 Å². The summed E-state index contributed by atoms with van der Waals surface area (Å²) in [6.45, 7) is 5.59. The van der Waals surface area contributed by atoms with E-state index in [4.69, 9.17) is 9.47 Å². The fourth-order valence-corrected chi connectivity index (χ4v) is 2.41. The largest absolute Gasteiger partial charge is 0.489 e. The smallest absolute Gasteiger partial charge is 0.191 e. The second-order valence-corrected chi connectivity index (χ2v) is 5.85. The lowest BCUT2D eigenvalue weighted by Gasteiger charge is -2.11. The average Bonchev–Trinajstić information content (AvgIpc) is 2.68. The summed E-state index contributed by atoms with van der Waals surface area (Å²) >= 11 is 0. The van der Waals surface area contributed by atoms with Crippen molar-refractivity contribution in [2.45, 2.75) is 20.0 Å². The van der Waals surface area contributed by atoms with Crippen LogP contribution in [-0.2, 0) is 17.8 Å². The molecular formula is C21H29N3O2. The van der Waals surface area contributed by atoms with Gasteiger partial charge >= 0.3 is 0 Å². The third kappa shape index (κ3) is 7.57. The predicted molar refractivity (Wildman–Crippen MR) is 107 cm³/mol. The second kappa shape index (κ2) is 11.9. The van der Waals surface area contributed by atoms with Crippen LogP contribution in [0.3, 0.4) is 0 Å². The first-order chi connectivity index (χ1) is 12.8. The molecule has 0 amide bonds. The fourth-order valence-electron chi connectivity index (χ4n) is 2.41. The maximum Gasteiger partial charge on any atom is 0.191 e. The van der Waals surface area contributed by atoms with E-state index in [1.807, 2.05) is 30.3 Å². The average molecular weight is 355 g/mol. The van der Waals surface area contributed by atoms with E-state index in [-0.39, 0.29) is 0 Å². The zero-order chi connectivity index (χ0) is 18.5. The van der Waals surface area contributed by atoms with Gasteiger partial charge in [0.25, 0.3) is 0 Å². The van der Waals surface area contributed by atoms with Gasteiger partial charge in [-0.15, -0.1) is 0 Å². The molecule has 0 spiro atoms. The van der Waals surface area contributed by atoms with Crippen LogP contribution < -0.4 is 15.4 Å². The summed E-state index contributed by atoms with van der Waals surface area (Å²) in [6, 6.07) is 18.5. The number of methoxy groups -OCH3 is 1. The van der Waals surface area contributed by atoms with Gasteiger partial charge in [-0.1, -0.05) is 42.5 Å². The molecule has 0 saturated carbocycles. The normalized spacial score (nSPS) is 11.2. The minimum absolute atomic E-state index is 0.589. The summed E-state index contributed by atoms with van der Waals surface area (Å²) in [5.74, 6) is 1.72. The molecule has 140 valence electrons. The summed E-state index contributed by atoms with van der Waals surface area (Å²) in [5, 5.41) is 6.57. The lowest BCUT2D eigenvalue weighted by atomic mass is 10.1. The van der Waals surface area contributed by atoms with Crippen LogP contribution in [-0.4, -0.2) is 39.3 Å². The van der Waals surface area contributed by atoms with E-state index in [0.717, 1.165) is 31.2 Å². The van der Waals surface area contributed by atoms with Crippen molar-refractivity contribution in [1.82, 2.24) is 10.6 Å². The number of rotatable bonds is 10. The molecule has 2 aromatic rings. The summed E-state index contributed by atoms with van der Waals surface area (Å²) in [7, 11) is 1.68. The topological polar surface area (TPSA) is 54.9 Å². The molecule has 0 saturated heterocycles. The number of benzene rings is 2. The Hall–Kier alpha value is -2.53. The van der Waals surface area contributed by atoms with Crippen LogP contribution in [0.25, 0.3) is 0 Å². The minimum Gasteiger partial charge on any atom is -0.489 e. The van der Waals surface area contributed by atoms with Crippen molar-refractivity contribution in [2.75, 3.05) is 33.4 Å². The molecule has 2 aromatic carbocycles. The van der Waals surface area contributed by atoms with Crippen molar-refractivity contribution < 1.29 is 9.47 Å². The molecule has 2 N–H and O–H groups in total. The van der Waals surface area contributed by atoms with Gasteiger partial charge < -0.3 is 20.1 Å². The van der Waals surface area contributed by atoms with Gasteiger partial charge in [-0.25, -0.2) is 0 Å². The molecule has 0 aliphatic carbocycles. The van der Waals surface area contributed by atoms with E-state index in [2.05, 4.69) is 46.8 Å². The van der Waals surface area contributed by atoms with Crippen molar-refractivity contribution >= 4 is 5.96 Å². The van der Waals surface area contributed by atoms with Gasteiger partial charge in [-0.2, -0.15) is 0 Å². The number of nitrogens with zero attached hydrogens (tertiary/aromatic N) is 1. The highest BCUT2D eigenvalue weighted by Crippen LogP contribution is 2.14. The Bertz CT molecular complexity index is 642. The third-order valence-corrected chi connectivity index (χ3v) is 3.79. The molecule has 2 rings (SSSR count). The quantitative estimate of drug-likeness (QED) is 0.391. The Labute approximate surface area is 156 Å². The molecule has 5 heteroatoms. The Morgan fingerprint density at radius 2 is 1.73 bits per heavy atom. The Morgan fingerprint density at radius 3 is 2.42 bits per heavy atom. The van der Waals surface area contributed by atoms with Crippen molar-refractivity contribution in [2.24, 2.45) is 4.99 Å². The first-order valence-electron chi connectivity index (χ1n) is 9.08. The molecule has 0 fully saturated rings. The standard InChI is InChI=1S/C21H29N3O2/c1-3-22-21(24-15-16-25-2)23-14-13-18-9-11-20(12-10-18)26-17-19-7-5-4-6-8-19/h4-12H,3,13-17H2,1-2H3,(H2,22,23,24). The molecule has 5 nitrogen and oxygen atoms in total. The predicted octanol–water partition coefficient (Wildman–Crippen LogP) is 3.01. The number of nitrogens with one attached hydrogen (secondary N) is 2. The monoisotopic (exact) mass is 355 g/mol. The van der Waals surface area contributed by atoms with Crippen LogP contribution in [0.4, 0.5) is 0 Å². The molecule has 0 aliphatic heterocycles. The van der Waals surface area contributed by atoms with Crippen LogP contribution >= 0.6 is 0 Å². The Morgan fingerprint density at radius 1 is 0.962 bits per heavy atom. The van der Waals surface area contributed by atoms with Crippen LogP contribution in [0.2, 0.25) is 0 Å². The Kier molecular flexibility index (Phi) is 9.08. The van der Waals surface area contributed by atoms with E-state index in [1.165, 1.54) is 11.1 Å². The lowest BCUT2D eigenvalue weighted by molar-refractivity contribution is 0.208. The molecular weight excluding hydrogens is 326 g/mol. The third-order valence-electron chi connectivity index (χ3n) is 3.79. The van der Waals surface area contributed by atoms with Gasteiger partial charge in [-0.3, -0.25) is 4.99 Å². The van der Waals surface area contributed by atoms with Gasteiger partial charge in [0, 0.05) is 20.2 Å². The van der Waals surface area contributed by atoms with Gasteiger partial charge in [0.1, 0.15) is 12.4 Å². The first-order valence-corrected chi connectivity index (χ1v) is 9.08. The van der Waals surface area contributed by atoms with E-state index >= 15 is 0 Å². The number of hydrogen-bond acceptors (Lipinski definition) is 3. The van der Waals surface area contributed by atoms with Crippen molar-refractivity contribution in [3.63, 3.8) is 0 Å². The summed E-state index contributed by atoms with van der Waals surface area (Å²) < 4.78 is 10.8. The maximum absolute atomic E-state index is 5.82.